The summed E-state index contributed by atoms with van der Waals surface area (Å²) in [7, 11) is -4.28. The van der Waals surface area contributed by atoms with Crippen molar-refractivity contribution in [2.24, 2.45) is 5.92 Å². The number of nitrogens with one attached hydrogen (secondary N) is 2. The van der Waals surface area contributed by atoms with Crippen LogP contribution < -0.4 is 19.9 Å². The average molecular weight is 706 g/mol. The molecule has 3 amide bonds. The van der Waals surface area contributed by atoms with Gasteiger partial charge in [0.15, 0.2) is 5.75 Å². The molecule has 0 radical (unpaired) electrons. The van der Waals surface area contributed by atoms with Gasteiger partial charge in [-0.15, -0.1) is 0 Å². The SMILES string of the molecule is CC(C)(C)OC(=O)N1CCC(CCNC(=O)CNC(=O)c2ccc(S(=O)(=O)N(Oc3ccc(Cl)cc3Cl)c3ccccc3)cc2)CC1. The Morgan fingerprint density at radius 1 is 0.936 bits per heavy atom. The second-order valence-corrected chi connectivity index (χ2v) is 14.6. The minimum absolute atomic E-state index is 0.0707. The molecule has 47 heavy (non-hydrogen) atoms. The van der Waals surface area contributed by atoms with Gasteiger partial charge in [-0.3, -0.25) is 9.59 Å². The molecule has 0 spiro atoms. The quantitative estimate of drug-likeness (QED) is 0.232. The van der Waals surface area contributed by atoms with Crippen LogP contribution in [0.25, 0.3) is 0 Å². The maximum absolute atomic E-state index is 13.7. The first-order valence-electron chi connectivity index (χ1n) is 15.1. The Morgan fingerprint density at radius 3 is 2.21 bits per heavy atom. The van der Waals surface area contributed by atoms with E-state index in [1.54, 1.807) is 35.2 Å². The molecule has 1 aliphatic rings. The number of rotatable bonds is 11. The van der Waals surface area contributed by atoms with Gasteiger partial charge < -0.3 is 25.1 Å². The molecule has 14 heteroatoms. The molecule has 1 fully saturated rings. The van der Waals surface area contributed by atoms with Crippen molar-refractivity contribution in [1.29, 1.82) is 0 Å². The van der Waals surface area contributed by atoms with Crippen LogP contribution >= 0.6 is 23.2 Å². The topological polar surface area (TPSA) is 134 Å². The van der Waals surface area contributed by atoms with E-state index in [-0.39, 0.29) is 45.5 Å². The zero-order chi connectivity index (χ0) is 34.2. The maximum atomic E-state index is 13.7. The highest BCUT2D eigenvalue weighted by atomic mass is 35.5. The summed E-state index contributed by atoms with van der Waals surface area (Å²) in [5.41, 5.74) is -0.148. The van der Waals surface area contributed by atoms with Crippen LogP contribution in [0.15, 0.2) is 77.7 Å². The van der Waals surface area contributed by atoms with Crippen molar-refractivity contribution in [1.82, 2.24) is 15.5 Å². The molecule has 0 aliphatic carbocycles. The fraction of sp³-hybridized carbons (Fsp3) is 0.364. The van der Waals surface area contributed by atoms with Crippen molar-refractivity contribution >= 4 is 56.8 Å². The number of para-hydroxylation sites is 1. The van der Waals surface area contributed by atoms with E-state index in [2.05, 4.69) is 10.6 Å². The molecule has 1 saturated heterocycles. The lowest BCUT2D eigenvalue weighted by atomic mass is 9.94. The van der Waals surface area contributed by atoms with E-state index < -0.39 is 21.5 Å². The van der Waals surface area contributed by atoms with Crippen LogP contribution in [0.1, 0.15) is 50.4 Å². The minimum atomic E-state index is -4.28. The van der Waals surface area contributed by atoms with E-state index in [9.17, 15) is 22.8 Å². The lowest BCUT2D eigenvalue weighted by Crippen LogP contribution is -2.42. The number of ether oxygens (including phenoxy) is 1. The summed E-state index contributed by atoms with van der Waals surface area (Å²) in [4.78, 5) is 44.7. The largest absolute Gasteiger partial charge is 0.444 e. The van der Waals surface area contributed by atoms with Crippen molar-refractivity contribution in [3.63, 3.8) is 0 Å². The third-order valence-corrected chi connectivity index (χ3v) is 9.35. The highest BCUT2D eigenvalue weighted by Crippen LogP contribution is 2.32. The highest BCUT2D eigenvalue weighted by Gasteiger charge is 2.29. The van der Waals surface area contributed by atoms with E-state index >= 15 is 0 Å². The van der Waals surface area contributed by atoms with E-state index in [0.29, 0.717) is 30.6 Å². The number of anilines is 1. The Hall–Kier alpha value is -4.00. The molecule has 11 nitrogen and oxygen atoms in total. The first-order valence-corrected chi connectivity index (χ1v) is 17.3. The summed E-state index contributed by atoms with van der Waals surface area (Å²) >= 11 is 12.2. The number of hydrogen-bond donors (Lipinski definition) is 2. The molecule has 0 atom stereocenters. The van der Waals surface area contributed by atoms with Gasteiger partial charge in [-0.1, -0.05) is 45.9 Å². The molecule has 4 rings (SSSR count). The molecule has 0 aromatic heterocycles. The van der Waals surface area contributed by atoms with E-state index in [1.165, 1.54) is 42.5 Å². The first-order chi connectivity index (χ1) is 22.2. The second-order valence-electron chi connectivity index (χ2n) is 12.0. The van der Waals surface area contributed by atoms with Crippen molar-refractivity contribution in [2.75, 3.05) is 30.6 Å². The zero-order valence-corrected chi connectivity index (χ0v) is 28.7. The standard InChI is InChI=1S/C33H38Cl2N4O7S/c1-33(2,3)45-32(42)38-19-16-23(17-20-38)15-18-36-30(40)22-37-31(41)24-9-12-27(13-10-24)47(43,44)39(26-7-5-4-6-8-26)46-29-14-11-25(34)21-28(29)35/h4-14,21,23H,15-20,22H2,1-3H3,(H,36,40)(H,37,41). The number of amides is 3. The van der Waals surface area contributed by atoms with Gasteiger partial charge in [0.05, 0.1) is 22.2 Å². The Bertz CT molecular complexity index is 1660. The number of carbonyl (C=O) groups is 3. The van der Waals surface area contributed by atoms with E-state index in [4.69, 9.17) is 32.8 Å². The average Bonchev–Trinajstić information content (AvgIpc) is 3.03. The van der Waals surface area contributed by atoms with Crippen molar-refractivity contribution < 1.29 is 32.4 Å². The molecule has 0 bridgehead atoms. The summed E-state index contributed by atoms with van der Waals surface area (Å²) in [5, 5.41) is 5.84. The van der Waals surface area contributed by atoms with E-state index in [1.807, 2.05) is 20.8 Å². The Labute approximate surface area is 285 Å². The molecule has 3 aromatic rings. The highest BCUT2D eigenvalue weighted by molar-refractivity contribution is 7.92. The number of hydrogen-bond acceptors (Lipinski definition) is 7. The number of benzene rings is 3. The Kier molecular flexibility index (Phi) is 12.0. The van der Waals surface area contributed by atoms with Crippen LogP contribution in [0.4, 0.5) is 10.5 Å². The number of carbonyl (C=O) groups excluding carboxylic acids is 3. The van der Waals surface area contributed by atoms with Gasteiger partial charge in [0.25, 0.3) is 15.9 Å². The molecular formula is C33H38Cl2N4O7S. The molecule has 0 saturated carbocycles. The van der Waals surface area contributed by atoms with Gasteiger partial charge in [0.2, 0.25) is 5.91 Å². The minimum Gasteiger partial charge on any atom is -0.444 e. The molecule has 1 aliphatic heterocycles. The van der Waals surface area contributed by atoms with E-state index in [0.717, 1.165) is 23.7 Å². The number of nitrogens with zero attached hydrogens (tertiary/aromatic N) is 2. The van der Waals surface area contributed by atoms with Crippen LogP contribution in [0.5, 0.6) is 5.75 Å². The zero-order valence-electron chi connectivity index (χ0n) is 26.4. The maximum Gasteiger partial charge on any atom is 0.410 e. The van der Waals surface area contributed by atoms with Crippen LogP contribution in [0.3, 0.4) is 0 Å². The second kappa shape index (κ2) is 15.7. The monoisotopic (exact) mass is 704 g/mol. The molecular weight excluding hydrogens is 667 g/mol. The number of sulfonamides is 1. The van der Waals surface area contributed by atoms with Crippen LogP contribution in [0.2, 0.25) is 10.0 Å². The van der Waals surface area contributed by atoms with Gasteiger partial charge in [-0.25, -0.2) is 4.79 Å². The third-order valence-electron chi connectivity index (χ3n) is 7.23. The van der Waals surface area contributed by atoms with Crippen molar-refractivity contribution in [3.8, 4) is 5.75 Å². The summed E-state index contributed by atoms with van der Waals surface area (Å²) in [6.07, 6.45) is 2.09. The van der Waals surface area contributed by atoms with Gasteiger partial charge >= 0.3 is 6.09 Å². The Morgan fingerprint density at radius 2 is 1.60 bits per heavy atom. The summed E-state index contributed by atoms with van der Waals surface area (Å²) in [5.74, 6) is -0.450. The van der Waals surface area contributed by atoms with Crippen LogP contribution in [-0.2, 0) is 19.6 Å². The molecule has 0 unspecified atom stereocenters. The van der Waals surface area contributed by atoms with Gasteiger partial charge in [0, 0.05) is 30.2 Å². The molecule has 3 aromatic carbocycles. The van der Waals surface area contributed by atoms with Crippen molar-refractivity contribution in [2.45, 2.75) is 50.5 Å². The fourth-order valence-electron chi connectivity index (χ4n) is 4.77. The number of piperidine rings is 1. The third kappa shape index (κ3) is 10.2. The molecule has 1 heterocycles. The van der Waals surface area contributed by atoms with Gasteiger partial charge in [-0.2, -0.15) is 8.42 Å². The predicted molar refractivity (Wildman–Crippen MR) is 180 cm³/mol. The summed E-state index contributed by atoms with van der Waals surface area (Å²) < 4.78 is 33.5. The predicted octanol–water partition coefficient (Wildman–Crippen LogP) is 6.07. The Balaban J connectivity index is 1.27. The van der Waals surface area contributed by atoms with Crippen LogP contribution in [-0.4, -0.2) is 63.0 Å². The van der Waals surface area contributed by atoms with Crippen LogP contribution in [0, 0.1) is 5.92 Å². The van der Waals surface area contributed by atoms with Crippen molar-refractivity contribution in [3.05, 3.63) is 88.4 Å². The van der Waals surface area contributed by atoms with Gasteiger partial charge in [0.1, 0.15) is 5.60 Å². The smallest absolute Gasteiger partial charge is 0.410 e. The molecule has 252 valence electrons. The molecule has 2 N–H and O–H groups in total. The summed E-state index contributed by atoms with van der Waals surface area (Å²) in [6.45, 7) is 6.93. The summed E-state index contributed by atoms with van der Waals surface area (Å²) in [6, 6.07) is 17.8. The lowest BCUT2D eigenvalue weighted by Gasteiger charge is -2.33. The number of likely N-dealkylation sites (tertiary alicyclic amines) is 1. The first kappa shape index (κ1) is 35.8. The number of halogens is 2. The normalized spacial score (nSPS) is 13.9. The van der Waals surface area contributed by atoms with Gasteiger partial charge in [-0.05, 0) is 101 Å². The fourth-order valence-corrected chi connectivity index (χ4v) is 6.47. The lowest BCUT2D eigenvalue weighted by molar-refractivity contribution is -0.120.